The molecule has 0 unspecified atom stereocenters. The van der Waals surface area contributed by atoms with E-state index in [1.807, 2.05) is 0 Å². The molecule has 0 fully saturated rings. The van der Waals surface area contributed by atoms with E-state index in [2.05, 4.69) is 15.7 Å². The van der Waals surface area contributed by atoms with Crippen molar-refractivity contribution in [2.75, 3.05) is 13.1 Å². The van der Waals surface area contributed by atoms with E-state index in [1.54, 1.807) is 36.5 Å². The second kappa shape index (κ2) is 8.94. The Morgan fingerprint density at radius 2 is 1.82 bits per heavy atom. The van der Waals surface area contributed by atoms with E-state index in [4.69, 9.17) is 0 Å². The topological polar surface area (TPSA) is 97.5 Å². The molecule has 0 spiro atoms. The number of pyridine rings is 1. The van der Waals surface area contributed by atoms with Crippen LogP contribution >= 0.6 is 0 Å². The van der Waals surface area contributed by atoms with Gasteiger partial charge in [0.05, 0.1) is 13.0 Å². The van der Waals surface area contributed by atoms with Crippen molar-refractivity contribution in [1.29, 1.82) is 0 Å². The molecule has 146 valence electrons. The number of amides is 2. The summed E-state index contributed by atoms with van der Waals surface area (Å²) in [5.74, 6) is -0.887. The maximum atomic E-state index is 13.1. The molecule has 0 aliphatic rings. The highest BCUT2D eigenvalue weighted by Crippen LogP contribution is 2.03. The van der Waals surface area contributed by atoms with E-state index in [0.29, 0.717) is 11.2 Å². The molecule has 1 aromatic carbocycles. The molecule has 2 aromatic heterocycles. The summed E-state index contributed by atoms with van der Waals surface area (Å²) in [5, 5.41) is 9.48. The zero-order chi connectivity index (χ0) is 19.9. The third-order valence-corrected chi connectivity index (χ3v) is 4.06. The fourth-order valence-electron chi connectivity index (χ4n) is 2.71. The largest absolute Gasteiger partial charge is 0.354 e. The van der Waals surface area contributed by atoms with Gasteiger partial charge in [-0.25, -0.2) is 13.9 Å². The number of hydrogen-bond donors (Lipinski definition) is 2. The number of aryl methyl sites for hydroxylation is 1. The van der Waals surface area contributed by atoms with Crippen LogP contribution in [0.1, 0.15) is 12.0 Å². The molecular weight excluding hydrogens is 365 g/mol. The van der Waals surface area contributed by atoms with Crippen molar-refractivity contribution in [1.82, 2.24) is 24.8 Å². The van der Waals surface area contributed by atoms with Crippen LogP contribution < -0.4 is 16.3 Å². The van der Waals surface area contributed by atoms with Crippen molar-refractivity contribution >= 4 is 17.5 Å². The van der Waals surface area contributed by atoms with Gasteiger partial charge in [0.1, 0.15) is 5.82 Å². The maximum absolute atomic E-state index is 13.1. The Labute approximate surface area is 160 Å². The van der Waals surface area contributed by atoms with Crippen LogP contribution in [-0.4, -0.2) is 39.1 Å². The van der Waals surface area contributed by atoms with E-state index in [-0.39, 0.29) is 55.8 Å². The quantitative estimate of drug-likeness (QED) is 0.552. The number of halogens is 1. The minimum atomic E-state index is -0.387. The first-order chi connectivity index (χ1) is 13.5. The Balaban J connectivity index is 1.37. The molecule has 3 aromatic rings. The molecule has 2 heterocycles. The summed E-state index contributed by atoms with van der Waals surface area (Å²) in [7, 11) is 0. The first-order valence-corrected chi connectivity index (χ1v) is 8.85. The molecule has 9 heteroatoms. The van der Waals surface area contributed by atoms with E-state index < -0.39 is 0 Å². The van der Waals surface area contributed by atoms with Gasteiger partial charge in [0.2, 0.25) is 11.8 Å². The molecule has 0 atom stereocenters. The number of nitrogens with one attached hydrogen (secondary N) is 2. The minimum Gasteiger partial charge on any atom is -0.354 e. The highest BCUT2D eigenvalue weighted by molar-refractivity contribution is 5.79. The van der Waals surface area contributed by atoms with Gasteiger partial charge < -0.3 is 10.6 Å². The van der Waals surface area contributed by atoms with Crippen LogP contribution in [0.5, 0.6) is 0 Å². The fourth-order valence-corrected chi connectivity index (χ4v) is 2.71. The fraction of sp³-hybridized carbons (Fsp3) is 0.263. The number of benzene rings is 1. The minimum absolute atomic E-state index is 0.0719. The van der Waals surface area contributed by atoms with Gasteiger partial charge in [-0.1, -0.05) is 18.2 Å². The average Bonchev–Trinajstić information content (AvgIpc) is 3.00. The van der Waals surface area contributed by atoms with Crippen LogP contribution in [0.25, 0.3) is 5.65 Å². The van der Waals surface area contributed by atoms with Gasteiger partial charge in [0, 0.05) is 25.7 Å². The van der Waals surface area contributed by atoms with E-state index in [0.717, 1.165) is 0 Å². The second-order valence-electron chi connectivity index (χ2n) is 6.19. The molecule has 8 nitrogen and oxygen atoms in total. The lowest BCUT2D eigenvalue weighted by atomic mass is 10.1. The number of fused-ring (bicyclic) bond motifs is 1. The van der Waals surface area contributed by atoms with Crippen molar-refractivity contribution in [3.8, 4) is 0 Å². The number of hydrogen-bond acceptors (Lipinski definition) is 4. The van der Waals surface area contributed by atoms with Crippen LogP contribution in [-0.2, 0) is 22.6 Å². The van der Waals surface area contributed by atoms with E-state index >= 15 is 0 Å². The highest BCUT2D eigenvalue weighted by Gasteiger charge is 2.08. The standard InChI is InChI=1S/C19H20FN5O3/c20-15-5-3-4-14(12-15)13-18(27)22-9-8-21-17(26)7-11-25-19(28)24-10-2-1-6-16(24)23-25/h1-6,10,12H,7-9,11,13H2,(H,21,26)(H,22,27). The Kier molecular flexibility index (Phi) is 6.15. The van der Waals surface area contributed by atoms with Gasteiger partial charge >= 0.3 is 5.69 Å². The zero-order valence-electron chi connectivity index (χ0n) is 15.1. The summed E-state index contributed by atoms with van der Waals surface area (Å²) < 4.78 is 15.7. The van der Waals surface area contributed by atoms with Crippen molar-refractivity contribution in [3.05, 3.63) is 70.5 Å². The average molecular weight is 385 g/mol. The lowest BCUT2D eigenvalue weighted by Crippen LogP contribution is -2.36. The molecule has 3 rings (SSSR count). The van der Waals surface area contributed by atoms with Crippen molar-refractivity contribution in [3.63, 3.8) is 0 Å². The Bertz CT molecular complexity index is 1040. The van der Waals surface area contributed by atoms with Crippen molar-refractivity contribution in [2.45, 2.75) is 19.4 Å². The summed E-state index contributed by atoms with van der Waals surface area (Å²) >= 11 is 0. The number of aromatic nitrogens is 3. The monoisotopic (exact) mass is 385 g/mol. The number of carbonyl (C=O) groups is 2. The van der Waals surface area contributed by atoms with E-state index in [9.17, 15) is 18.8 Å². The molecule has 0 aliphatic heterocycles. The van der Waals surface area contributed by atoms with Crippen LogP contribution in [0, 0.1) is 5.82 Å². The predicted molar refractivity (Wildman–Crippen MR) is 100 cm³/mol. The van der Waals surface area contributed by atoms with Gasteiger partial charge in [-0.2, -0.15) is 0 Å². The van der Waals surface area contributed by atoms with Crippen molar-refractivity contribution < 1.29 is 14.0 Å². The zero-order valence-corrected chi connectivity index (χ0v) is 15.1. The van der Waals surface area contributed by atoms with Crippen LogP contribution in [0.15, 0.2) is 53.5 Å². The van der Waals surface area contributed by atoms with Gasteiger partial charge in [-0.3, -0.25) is 14.0 Å². The molecule has 0 aliphatic carbocycles. The maximum Gasteiger partial charge on any atom is 0.350 e. The predicted octanol–water partition coefficient (Wildman–Crippen LogP) is 0.500. The van der Waals surface area contributed by atoms with Gasteiger partial charge in [-0.15, -0.1) is 5.10 Å². The molecular formula is C19H20FN5O3. The molecule has 2 N–H and O–H groups in total. The first-order valence-electron chi connectivity index (χ1n) is 8.85. The third-order valence-electron chi connectivity index (χ3n) is 4.06. The SMILES string of the molecule is O=C(CCn1nc2ccccn2c1=O)NCCNC(=O)Cc1cccc(F)c1. The number of nitrogens with zero attached hydrogens (tertiary/aromatic N) is 3. The normalized spacial score (nSPS) is 10.8. The Morgan fingerprint density at radius 1 is 1.04 bits per heavy atom. The van der Waals surface area contributed by atoms with E-state index in [1.165, 1.54) is 21.2 Å². The van der Waals surface area contributed by atoms with Crippen LogP contribution in [0.3, 0.4) is 0 Å². The van der Waals surface area contributed by atoms with Gasteiger partial charge in [-0.05, 0) is 29.8 Å². The van der Waals surface area contributed by atoms with Crippen LogP contribution in [0.2, 0.25) is 0 Å². The van der Waals surface area contributed by atoms with Gasteiger partial charge in [0.15, 0.2) is 5.65 Å². The number of carbonyl (C=O) groups excluding carboxylic acids is 2. The summed E-state index contributed by atoms with van der Waals surface area (Å²) in [6.45, 7) is 0.681. The molecule has 2 amide bonds. The molecule has 0 saturated carbocycles. The lowest BCUT2D eigenvalue weighted by Gasteiger charge is -2.07. The first kappa shape index (κ1) is 19.3. The number of rotatable bonds is 8. The second-order valence-corrected chi connectivity index (χ2v) is 6.19. The smallest absolute Gasteiger partial charge is 0.350 e. The molecule has 0 bridgehead atoms. The Hall–Kier alpha value is -3.49. The van der Waals surface area contributed by atoms with Gasteiger partial charge in [0.25, 0.3) is 0 Å². The highest BCUT2D eigenvalue weighted by atomic mass is 19.1. The molecule has 0 saturated heterocycles. The summed E-state index contributed by atoms with van der Waals surface area (Å²) in [5.41, 5.74) is 0.807. The summed E-state index contributed by atoms with van der Waals surface area (Å²) in [4.78, 5) is 35.8. The summed E-state index contributed by atoms with van der Waals surface area (Å²) in [6.07, 6.45) is 1.79. The van der Waals surface area contributed by atoms with Crippen molar-refractivity contribution in [2.24, 2.45) is 0 Å². The lowest BCUT2D eigenvalue weighted by molar-refractivity contribution is -0.122. The third kappa shape index (κ3) is 5.03. The molecule has 0 radical (unpaired) electrons. The summed E-state index contributed by atoms with van der Waals surface area (Å²) in [6, 6.07) is 11.1. The molecule has 28 heavy (non-hydrogen) atoms. The Morgan fingerprint density at radius 3 is 2.57 bits per heavy atom. The van der Waals surface area contributed by atoms with Crippen LogP contribution in [0.4, 0.5) is 4.39 Å².